The summed E-state index contributed by atoms with van der Waals surface area (Å²) in [7, 11) is 0. The summed E-state index contributed by atoms with van der Waals surface area (Å²) in [6.45, 7) is 2.17. The maximum Gasteiger partial charge on any atom is 0.135 e. The van der Waals surface area contributed by atoms with Crippen molar-refractivity contribution in [3.63, 3.8) is 0 Å². The van der Waals surface area contributed by atoms with Gasteiger partial charge in [-0.1, -0.05) is 31.9 Å². The maximum absolute atomic E-state index is 9.15. The van der Waals surface area contributed by atoms with E-state index in [9.17, 15) is 0 Å². The summed E-state index contributed by atoms with van der Waals surface area (Å²) >= 11 is 0. The van der Waals surface area contributed by atoms with Gasteiger partial charge in [0.25, 0.3) is 0 Å². The van der Waals surface area contributed by atoms with E-state index in [1.54, 1.807) is 0 Å². The van der Waals surface area contributed by atoms with Gasteiger partial charge in [0.2, 0.25) is 0 Å². The van der Waals surface area contributed by atoms with E-state index in [1.165, 1.54) is 12.8 Å². The van der Waals surface area contributed by atoms with Crippen LogP contribution in [0.1, 0.15) is 37.5 Å². The number of aryl methyl sites for hydroxylation is 1. The number of hydrogen-bond acceptors (Lipinski definition) is 2. The van der Waals surface area contributed by atoms with Gasteiger partial charge in [0.15, 0.2) is 0 Å². The van der Waals surface area contributed by atoms with Crippen LogP contribution in [0.25, 0.3) is 11.0 Å². The Hall–Kier alpha value is -1.75. The molecule has 0 atom stereocenters. The van der Waals surface area contributed by atoms with Crippen LogP contribution >= 0.6 is 0 Å². The third-order valence-corrected chi connectivity index (χ3v) is 2.79. The van der Waals surface area contributed by atoms with Crippen molar-refractivity contribution in [1.29, 1.82) is 5.26 Å². The summed E-state index contributed by atoms with van der Waals surface area (Å²) in [5.74, 6) is 0.845. The minimum Gasteiger partial charge on any atom is -0.460 e. The van der Waals surface area contributed by atoms with Crippen molar-refractivity contribution in [1.82, 2.24) is 0 Å². The number of para-hydroxylation sites is 1. The molecule has 1 aromatic heterocycles. The fourth-order valence-corrected chi connectivity index (χ4v) is 1.93. The first-order valence-corrected chi connectivity index (χ1v) is 5.77. The van der Waals surface area contributed by atoms with Crippen LogP contribution in [0.3, 0.4) is 0 Å². The van der Waals surface area contributed by atoms with E-state index >= 15 is 0 Å². The quantitative estimate of drug-likeness (QED) is 0.719. The Morgan fingerprint density at radius 3 is 2.81 bits per heavy atom. The van der Waals surface area contributed by atoms with Gasteiger partial charge < -0.3 is 4.42 Å². The van der Waals surface area contributed by atoms with Gasteiger partial charge in [-0.05, 0) is 18.6 Å². The lowest BCUT2D eigenvalue weighted by Crippen LogP contribution is -1.85. The molecule has 1 aromatic carbocycles. The number of nitrogens with zero attached hydrogens (tertiary/aromatic N) is 1. The van der Waals surface area contributed by atoms with Gasteiger partial charge in [-0.3, -0.25) is 0 Å². The van der Waals surface area contributed by atoms with Crippen LogP contribution < -0.4 is 0 Å². The van der Waals surface area contributed by atoms with Gasteiger partial charge in [-0.2, -0.15) is 5.26 Å². The molecule has 0 amide bonds. The lowest BCUT2D eigenvalue weighted by atomic mass is 10.1. The monoisotopic (exact) mass is 213 g/mol. The zero-order valence-corrected chi connectivity index (χ0v) is 9.49. The second-order valence-electron chi connectivity index (χ2n) is 3.97. The summed E-state index contributed by atoms with van der Waals surface area (Å²) in [5.41, 5.74) is 1.54. The minimum atomic E-state index is 0.715. The summed E-state index contributed by atoms with van der Waals surface area (Å²) in [5, 5.41) is 10.1. The molecule has 0 aliphatic rings. The lowest BCUT2D eigenvalue weighted by Gasteiger charge is -1.95. The molecule has 0 bridgehead atoms. The van der Waals surface area contributed by atoms with Crippen LogP contribution in [0.2, 0.25) is 0 Å². The third kappa shape index (κ3) is 1.94. The van der Waals surface area contributed by atoms with Gasteiger partial charge in [0.05, 0.1) is 0 Å². The summed E-state index contributed by atoms with van der Waals surface area (Å²) in [4.78, 5) is 0. The summed E-state index contributed by atoms with van der Waals surface area (Å²) in [6.07, 6.45) is 4.32. The standard InChI is InChI=1S/C14H15NO/c1-2-3-4-8-14-12(10-15)11-7-5-6-9-13(11)16-14/h5-7,9H,2-4,8H2,1H3. The third-order valence-electron chi connectivity index (χ3n) is 2.79. The van der Waals surface area contributed by atoms with Crippen molar-refractivity contribution in [3.8, 4) is 6.07 Å². The van der Waals surface area contributed by atoms with Gasteiger partial charge >= 0.3 is 0 Å². The summed E-state index contributed by atoms with van der Waals surface area (Å²) in [6, 6.07) is 9.99. The Morgan fingerprint density at radius 2 is 2.06 bits per heavy atom. The average Bonchev–Trinajstić information content (AvgIpc) is 2.67. The zero-order chi connectivity index (χ0) is 11.4. The number of unbranched alkanes of at least 4 members (excludes halogenated alkanes) is 2. The van der Waals surface area contributed by atoms with Crippen molar-refractivity contribution < 1.29 is 4.42 Å². The van der Waals surface area contributed by atoms with E-state index in [2.05, 4.69) is 13.0 Å². The first kappa shape index (κ1) is 10.8. The first-order valence-electron chi connectivity index (χ1n) is 5.77. The maximum atomic E-state index is 9.15. The number of fused-ring (bicyclic) bond motifs is 1. The van der Waals surface area contributed by atoms with E-state index in [1.807, 2.05) is 24.3 Å². The largest absolute Gasteiger partial charge is 0.460 e. The SMILES string of the molecule is CCCCCc1oc2ccccc2c1C#N. The minimum absolute atomic E-state index is 0.715. The molecule has 0 aliphatic heterocycles. The number of rotatable bonds is 4. The molecule has 0 fully saturated rings. The second-order valence-corrected chi connectivity index (χ2v) is 3.97. The average molecular weight is 213 g/mol. The van der Waals surface area contributed by atoms with Crippen molar-refractivity contribution in [2.24, 2.45) is 0 Å². The number of furan rings is 1. The van der Waals surface area contributed by atoms with E-state index in [-0.39, 0.29) is 0 Å². The number of hydrogen-bond donors (Lipinski definition) is 0. The molecule has 2 heteroatoms. The van der Waals surface area contributed by atoms with E-state index in [0.29, 0.717) is 5.56 Å². The molecular formula is C14H15NO. The topological polar surface area (TPSA) is 36.9 Å². The molecule has 0 saturated carbocycles. The zero-order valence-electron chi connectivity index (χ0n) is 9.49. The Bertz CT molecular complexity index is 519. The van der Waals surface area contributed by atoms with E-state index < -0.39 is 0 Å². The predicted molar refractivity (Wildman–Crippen MR) is 64.2 cm³/mol. The normalized spacial score (nSPS) is 10.5. The highest BCUT2D eigenvalue weighted by atomic mass is 16.3. The first-order chi connectivity index (χ1) is 7.86. The molecule has 16 heavy (non-hydrogen) atoms. The molecule has 0 radical (unpaired) electrons. The van der Waals surface area contributed by atoms with Crippen molar-refractivity contribution in [3.05, 3.63) is 35.6 Å². The van der Waals surface area contributed by atoms with Crippen molar-refractivity contribution in [2.75, 3.05) is 0 Å². The van der Waals surface area contributed by atoms with Crippen LogP contribution in [0.4, 0.5) is 0 Å². The molecule has 0 aliphatic carbocycles. The molecule has 0 N–H and O–H groups in total. The molecule has 2 nitrogen and oxygen atoms in total. The van der Waals surface area contributed by atoms with E-state index in [4.69, 9.17) is 9.68 Å². The second kappa shape index (κ2) is 4.85. The molecule has 0 spiro atoms. The predicted octanol–water partition coefficient (Wildman–Crippen LogP) is 4.04. The van der Waals surface area contributed by atoms with Crippen molar-refractivity contribution in [2.45, 2.75) is 32.6 Å². The highest BCUT2D eigenvalue weighted by molar-refractivity contribution is 5.84. The smallest absolute Gasteiger partial charge is 0.135 e. The Balaban J connectivity index is 2.34. The Morgan fingerprint density at radius 1 is 1.25 bits per heavy atom. The van der Waals surface area contributed by atoms with Crippen LogP contribution in [0.15, 0.2) is 28.7 Å². The highest BCUT2D eigenvalue weighted by Gasteiger charge is 2.12. The van der Waals surface area contributed by atoms with Crippen LogP contribution in [0, 0.1) is 11.3 Å². The highest BCUT2D eigenvalue weighted by Crippen LogP contribution is 2.26. The van der Waals surface area contributed by atoms with Gasteiger partial charge in [0.1, 0.15) is 23.0 Å². The molecule has 1 heterocycles. The van der Waals surface area contributed by atoms with Crippen LogP contribution in [-0.2, 0) is 6.42 Å². The fraction of sp³-hybridized carbons (Fsp3) is 0.357. The molecule has 2 aromatic rings. The number of nitriles is 1. The van der Waals surface area contributed by atoms with Crippen molar-refractivity contribution >= 4 is 11.0 Å². The fourth-order valence-electron chi connectivity index (χ4n) is 1.93. The molecule has 82 valence electrons. The molecular weight excluding hydrogens is 198 g/mol. The van der Waals surface area contributed by atoms with Gasteiger partial charge in [-0.25, -0.2) is 0 Å². The lowest BCUT2D eigenvalue weighted by molar-refractivity contribution is 0.529. The van der Waals surface area contributed by atoms with E-state index in [0.717, 1.165) is 29.6 Å². The summed E-state index contributed by atoms with van der Waals surface area (Å²) < 4.78 is 5.71. The Kier molecular flexibility index (Phi) is 3.26. The number of benzene rings is 1. The molecule has 0 unspecified atom stereocenters. The van der Waals surface area contributed by atoms with Crippen LogP contribution in [0.5, 0.6) is 0 Å². The van der Waals surface area contributed by atoms with Crippen LogP contribution in [-0.4, -0.2) is 0 Å². The Labute approximate surface area is 95.5 Å². The molecule has 0 saturated heterocycles. The van der Waals surface area contributed by atoms with Gasteiger partial charge in [-0.15, -0.1) is 0 Å². The van der Waals surface area contributed by atoms with Gasteiger partial charge in [0, 0.05) is 11.8 Å². The molecule has 2 rings (SSSR count).